The van der Waals surface area contributed by atoms with Crippen LogP contribution in [0.1, 0.15) is 45.5 Å². The van der Waals surface area contributed by atoms with Gasteiger partial charge < -0.3 is 19.7 Å². The molecule has 0 saturated carbocycles. The minimum absolute atomic E-state index is 0.235. The number of ether oxygens (including phenoxy) is 2. The van der Waals surface area contributed by atoms with Crippen LogP contribution >= 0.6 is 15.9 Å². The van der Waals surface area contributed by atoms with Gasteiger partial charge in [-0.3, -0.25) is 0 Å². The van der Waals surface area contributed by atoms with Crippen molar-refractivity contribution in [2.24, 2.45) is 0 Å². The number of benzene rings is 4. The lowest BCUT2D eigenvalue weighted by Gasteiger charge is -2.38. The van der Waals surface area contributed by atoms with Crippen molar-refractivity contribution in [3.05, 3.63) is 144 Å². The summed E-state index contributed by atoms with van der Waals surface area (Å²) in [6, 6.07) is 30.4. The van der Waals surface area contributed by atoms with Crippen molar-refractivity contribution in [3.63, 3.8) is 0 Å². The van der Waals surface area contributed by atoms with Gasteiger partial charge in [0, 0.05) is 11.9 Å². The SMILES string of the molecule is C=CCBr.C=CCN1c2ccc(C)cc2OC[C@H]1c1ccc(C)cc1.Cc1ccc([C@@H]2COc3cc(C)ccc3N2)cc1. The van der Waals surface area contributed by atoms with Crippen LogP contribution in [0.4, 0.5) is 11.4 Å². The minimum atomic E-state index is 0.235. The number of aryl methyl sites for hydroxylation is 4. The molecule has 5 heteroatoms. The number of rotatable bonds is 5. The lowest BCUT2D eigenvalue weighted by atomic mass is 10.0. The third-order valence-corrected chi connectivity index (χ3v) is 7.90. The molecule has 0 bridgehead atoms. The third-order valence-electron chi connectivity index (χ3n) is 7.45. The topological polar surface area (TPSA) is 33.7 Å². The highest BCUT2D eigenvalue weighted by Crippen LogP contribution is 2.40. The zero-order chi connectivity index (χ0) is 30.8. The molecule has 0 unspecified atom stereocenters. The molecule has 0 saturated heterocycles. The van der Waals surface area contributed by atoms with E-state index >= 15 is 0 Å². The first kappa shape index (κ1) is 32.0. The van der Waals surface area contributed by atoms with E-state index in [1.807, 2.05) is 6.08 Å². The maximum atomic E-state index is 6.00. The highest BCUT2D eigenvalue weighted by Gasteiger charge is 2.28. The summed E-state index contributed by atoms with van der Waals surface area (Å²) in [5.41, 5.74) is 9.80. The summed E-state index contributed by atoms with van der Waals surface area (Å²) in [6.45, 7) is 17.9. The zero-order valence-corrected chi connectivity index (χ0v) is 27.4. The zero-order valence-electron chi connectivity index (χ0n) is 25.8. The monoisotopic (exact) mass is 638 g/mol. The highest BCUT2D eigenvalue weighted by molar-refractivity contribution is 9.09. The molecular formula is C38H43BrN2O2. The van der Waals surface area contributed by atoms with Crippen LogP contribution in [-0.4, -0.2) is 25.1 Å². The summed E-state index contributed by atoms with van der Waals surface area (Å²) in [4.78, 5) is 2.37. The Morgan fingerprint density at radius 3 is 1.86 bits per heavy atom. The molecule has 0 radical (unpaired) electrons. The van der Waals surface area contributed by atoms with Crippen molar-refractivity contribution in [3.8, 4) is 11.5 Å². The van der Waals surface area contributed by atoms with Gasteiger partial charge >= 0.3 is 0 Å². The van der Waals surface area contributed by atoms with Crippen LogP contribution in [0, 0.1) is 27.7 Å². The van der Waals surface area contributed by atoms with Crippen molar-refractivity contribution in [1.29, 1.82) is 0 Å². The number of hydrogen-bond acceptors (Lipinski definition) is 4. The van der Waals surface area contributed by atoms with Crippen LogP contribution in [-0.2, 0) is 0 Å². The number of allylic oxidation sites excluding steroid dienone is 1. The Morgan fingerprint density at radius 1 is 0.721 bits per heavy atom. The van der Waals surface area contributed by atoms with Crippen LogP contribution in [0.2, 0.25) is 0 Å². The normalized spacial score (nSPS) is 16.3. The summed E-state index contributed by atoms with van der Waals surface area (Å²) >= 11 is 3.13. The molecule has 0 fully saturated rings. The number of alkyl halides is 1. The molecule has 6 rings (SSSR count). The quantitative estimate of drug-likeness (QED) is 0.174. The molecule has 4 aromatic carbocycles. The lowest BCUT2D eigenvalue weighted by molar-refractivity contribution is 0.266. The predicted octanol–water partition coefficient (Wildman–Crippen LogP) is 9.85. The molecule has 2 heterocycles. The van der Waals surface area contributed by atoms with E-state index in [0.717, 1.165) is 34.7 Å². The summed E-state index contributed by atoms with van der Waals surface area (Å²) in [6.07, 6.45) is 3.75. The largest absolute Gasteiger partial charge is 0.489 e. The van der Waals surface area contributed by atoms with Crippen LogP contribution in [0.25, 0.3) is 0 Å². The molecule has 4 nitrogen and oxygen atoms in total. The van der Waals surface area contributed by atoms with Gasteiger partial charge in [-0.25, -0.2) is 0 Å². The number of hydrogen-bond donors (Lipinski definition) is 1. The van der Waals surface area contributed by atoms with Crippen molar-refractivity contribution >= 4 is 27.3 Å². The summed E-state index contributed by atoms with van der Waals surface area (Å²) in [5, 5.41) is 4.43. The van der Waals surface area contributed by atoms with E-state index in [1.165, 1.54) is 33.4 Å². The number of nitrogens with one attached hydrogen (secondary N) is 1. The number of fused-ring (bicyclic) bond motifs is 2. The molecule has 224 valence electrons. The Bertz CT molecular complexity index is 1500. The second-order valence-corrected chi connectivity index (χ2v) is 11.7. The fourth-order valence-electron chi connectivity index (χ4n) is 5.08. The van der Waals surface area contributed by atoms with E-state index in [4.69, 9.17) is 9.47 Å². The fraction of sp³-hybridized carbons (Fsp3) is 0.263. The molecule has 0 aliphatic carbocycles. The molecule has 0 spiro atoms. The van der Waals surface area contributed by atoms with Crippen LogP contribution in [0.5, 0.6) is 11.5 Å². The standard InChI is InChI=1S/C19H21NO.C16H17NO.C3H5Br/c1-4-11-20-17-10-7-15(3)12-19(17)21-13-18(20)16-8-5-14(2)6-9-16;1-11-3-6-13(7-4-11)15-10-18-16-9-12(2)5-8-14(16)17-15;1-2-3-4/h4-10,12,18H,1,11,13H2,2-3H3;3-9,15,17H,10H2,1-2H3;2H,1,3H2/t18-;15-;/m00./s1. The fourth-order valence-corrected chi connectivity index (χ4v) is 5.08. The van der Waals surface area contributed by atoms with E-state index in [-0.39, 0.29) is 12.1 Å². The Kier molecular flexibility index (Phi) is 11.5. The van der Waals surface area contributed by atoms with Gasteiger partial charge in [0.2, 0.25) is 0 Å². The first-order valence-electron chi connectivity index (χ1n) is 14.7. The maximum Gasteiger partial charge on any atom is 0.143 e. The third kappa shape index (κ3) is 8.55. The first-order valence-corrected chi connectivity index (χ1v) is 15.9. The summed E-state index contributed by atoms with van der Waals surface area (Å²) < 4.78 is 11.8. The highest BCUT2D eigenvalue weighted by atomic mass is 79.9. The van der Waals surface area contributed by atoms with E-state index < -0.39 is 0 Å². The van der Waals surface area contributed by atoms with Gasteiger partial charge in [0.15, 0.2) is 0 Å². The average molecular weight is 640 g/mol. The summed E-state index contributed by atoms with van der Waals surface area (Å²) in [7, 11) is 0. The van der Waals surface area contributed by atoms with Gasteiger partial charge in [-0.1, -0.05) is 99.9 Å². The van der Waals surface area contributed by atoms with Gasteiger partial charge in [0.05, 0.1) is 23.5 Å². The van der Waals surface area contributed by atoms with Gasteiger partial charge in [0.25, 0.3) is 0 Å². The van der Waals surface area contributed by atoms with Gasteiger partial charge in [-0.15, -0.1) is 13.2 Å². The maximum absolute atomic E-state index is 6.00. The van der Waals surface area contributed by atoms with E-state index in [9.17, 15) is 0 Å². The van der Waals surface area contributed by atoms with E-state index in [1.54, 1.807) is 6.08 Å². The average Bonchev–Trinajstić information content (AvgIpc) is 3.02. The second kappa shape index (κ2) is 15.5. The first-order chi connectivity index (χ1) is 20.8. The molecule has 2 aliphatic rings. The number of halogens is 1. The smallest absolute Gasteiger partial charge is 0.143 e. The van der Waals surface area contributed by atoms with Gasteiger partial charge in [-0.05, 0) is 74.2 Å². The molecule has 2 atom stereocenters. The van der Waals surface area contributed by atoms with Crippen LogP contribution < -0.4 is 19.7 Å². The molecule has 43 heavy (non-hydrogen) atoms. The molecule has 0 amide bonds. The van der Waals surface area contributed by atoms with Crippen molar-refractivity contribution in [2.75, 3.05) is 35.3 Å². The number of anilines is 2. The molecule has 1 N–H and O–H groups in total. The van der Waals surface area contributed by atoms with Gasteiger partial charge in [0.1, 0.15) is 24.7 Å². The molecule has 0 aromatic heterocycles. The van der Waals surface area contributed by atoms with Gasteiger partial charge in [-0.2, -0.15) is 0 Å². The lowest BCUT2D eigenvalue weighted by Crippen LogP contribution is -2.36. The predicted molar refractivity (Wildman–Crippen MR) is 186 cm³/mol. The molecule has 2 aliphatic heterocycles. The van der Waals surface area contributed by atoms with Crippen molar-refractivity contribution < 1.29 is 9.47 Å². The van der Waals surface area contributed by atoms with Crippen LogP contribution in [0.3, 0.4) is 0 Å². The molecule has 4 aromatic rings. The second-order valence-electron chi connectivity index (χ2n) is 11.0. The van der Waals surface area contributed by atoms with E-state index in [2.05, 4.69) is 152 Å². The molecular weight excluding hydrogens is 596 g/mol. The van der Waals surface area contributed by atoms with E-state index in [0.29, 0.717) is 13.2 Å². The Morgan fingerprint density at radius 2 is 1.26 bits per heavy atom. The Hall–Kier alpha value is -3.96. The van der Waals surface area contributed by atoms with Crippen molar-refractivity contribution in [1.82, 2.24) is 0 Å². The number of nitrogens with zero attached hydrogens (tertiary/aromatic N) is 1. The Balaban J connectivity index is 0.000000177. The van der Waals surface area contributed by atoms with Crippen molar-refractivity contribution in [2.45, 2.75) is 39.8 Å². The van der Waals surface area contributed by atoms with Crippen LogP contribution in [0.15, 0.2) is 110 Å². The minimum Gasteiger partial charge on any atom is -0.489 e. The Labute approximate surface area is 266 Å². The summed E-state index contributed by atoms with van der Waals surface area (Å²) in [5.74, 6) is 1.93.